The maximum absolute atomic E-state index is 9.41. The molecule has 0 aliphatic heterocycles. The van der Waals surface area contributed by atoms with Crippen LogP contribution in [0.1, 0.15) is 53.5 Å². The number of hydrogen-bond acceptors (Lipinski definition) is 2. The zero-order chi connectivity index (χ0) is 17.0. The predicted octanol–water partition coefficient (Wildman–Crippen LogP) is 6.26. The summed E-state index contributed by atoms with van der Waals surface area (Å²) in [5.41, 5.74) is 2.76. The van der Waals surface area contributed by atoms with Crippen LogP contribution in [0.25, 0.3) is 0 Å². The fourth-order valence-electron chi connectivity index (χ4n) is 2.05. The first-order chi connectivity index (χ1) is 10.0. The molecule has 0 fully saturated rings. The number of hydrogen-bond donors (Lipinski definition) is 1. The van der Waals surface area contributed by atoms with Crippen LogP contribution in [0.2, 0.25) is 0 Å². The number of ether oxygens (including phenoxy) is 1. The van der Waals surface area contributed by atoms with E-state index in [2.05, 4.69) is 59.8 Å². The SMILES string of the molecule is CC(C)(C)C1=[C-]CC=C1.COc1cc(O)cc(C(C)(C)C)c1.Cl.Cl.[Ti]. The maximum atomic E-state index is 9.41. The number of rotatable bonds is 1. The molecule has 0 aromatic heterocycles. The smallest absolute Gasteiger partial charge is 0.122 e. The third-order valence-electron chi connectivity index (χ3n) is 3.50. The minimum atomic E-state index is 0. The molecular weight excluding hydrogens is 391 g/mol. The Morgan fingerprint density at radius 2 is 1.52 bits per heavy atom. The van der Waals surface area contributed by atoms with Crippen molar-refractivity contribution in [2.45, 2.75) is 53.4 Å². The van der Waals surface area contributed by atoms with Crippen LogP contribution in [0.15, 0.2) is 35.9 Å². The first-order valence-corrected chi connectivity index (χ1v) is 7.70. The van der Waals surface area contributed by atoms with Crippen LogP contribution in [0.4, 0.5) is 0 Å². The normalized spacial score (nSPS) is 12.5. The zero-order valence-electron chi connectivity index (χ0n) is 16.3. The molecule has 0 heterocycles. The molecule has 0 amide bonds. The van der Waals surface area contributed by atoms with Crippen LogP contribution in [-0.4, -0.2) is 12.2 Å². The second-order valence-electron chi connectivity index (χ2n) is 7.62. The van der Waals surface area contributed by atoms with Gasteiger partial charge < -0.3 is 9.84 Å². The number of allylic oxidation sites excluding steroid dienone is 4. The van der Waals surface area contributed by atoms with Gasteiger partial charge in [-0.2, -0.15) is 6.08 Å². The molecule has 1 aliphatic rings. The van der Waals surface area contributed by atoms with Crippen molar-refractivity contribution in [3.8, 4) is 11.5 Å². The van der Waals surface area contributed by atoms with Gasteiger partial charge in [-0.1, -0.05) is 41.5 Å². The van der Waals surface area contributed by atoms with Crippen molar-refractivity contribution in [1.29, 1.82) is 0 Å². The van der Waals surface area contributed by atoms with Crippen LogP contribution < -0.4 is 4.74 Å². The molecule has 0 saturated carbocycles. The average Bonchev–Trinajstić information content (AvgIpc) is 2.91. The van der Waals surface area contributed by atoms with Gasteiger partial charge in [0.2, 0.25) is 0 Å². The van der Waals surface area contributed by atoms with E-state index in [9.17, 15) is 5.11 Å². The number of methoxy groups -OCH3 is 1. The summed E-state index contributed by atoms with van der Waals surface area (Å²) in [6.07, 6.45) is 8.63. The van der Waals surface area contributed by atoms with Gasteiger partial charge in [-0.3, -0.25) is 6.08 Å². The molecule has 2 rings (SSSR count). The Kier molecular flexibility index (Phi) is 14.2. The summed E-state index contributed by atoms with van der Waals surface area (Å²) in [4.78, 5) is 0. The van der Waals surface area contributed by atoms with Crippen molar-refractivity contribution >= 4 is 24.8 Å². The van der Waals surface area contributed by atoms with Crippen molar-refractivity contribution in [3.05, 3.63) is 47.6 Å². The van der Waals surface area contributed by atoms with Crippen LogP contribution >= 0.6 is 24.8 Å². The van der Waals surface area contributed by atoms with Gasteiger partial charge >= 0.3 is 0 Å². The topological polar surface area (TPSA) is 29.5 Å². The molecule has 0 unspecified atom stereocenters. The monoisotopic (exact) mass is 421 g/mol. The fourth-order valence-corrected chi connectivity index (χ4v) is 2.05. The number of phenolic OH excluding ortho intramolecular Hbond substituents is 1. The predicted molar refractivity (Wildman–Crippen MR) is 108 cm³/mol. The summed E-state index contributed by atoms with van der Waals surface area (Å²) >= 11 is 0. The molecule has 0 radical (unpaired) electrons. The minimum Gasteiger partial charge on any atom is -0.508 e. The second-order valence-corrected chi connectivity index (χ2v) is 7.62. The molecule has 1 aromatic carbocycles. The van der Waals surface area contributed by atoms with Crippen LogP contribution in [0.3, 0.4) is 0 Å². The van der Waals surface area contributed by atoms with E-state index in [0.717, 1.165) is 12.0 Å². The molecule has 2 nitrogen and oxygen atoms in total. The third kappa shape index (κ3) is 10.4. The summed E-state index contributed by atoms with van der Waals surface area (Å²) in [7, 11) is 1.60. The molecule has 0 saturated heterocycles. The maximum Gasteiger partial charge on any atom is 0.122 e. The first-order valence-electron chi connectivity index (χ1n) is 7.70. The largest absolute Gasteiger partial charge is 0.508 e. The molecule has 0 atom stereocenters. The average molecular weight is 422 g/mol. The molecule has 5 heteroatoms. The van der Waals surface area contributed by atoms with Crippen molar-refractivity contribution in [2.24, 2.45) is 5.41 Å². The van der Waals surface area contributed by atoms with E-state index in [1.165, 1.54) is 5.57 Å². The quantitative estimate of drug-likeness (QED) is 0.428. The third-order valence-corrected chi connectivity index (χ3v) is 3.50. The Labute approximate surface area is 180 Å². The molecule has 1 N–H and O–H groups in total. The van der Waals surface area contributed by atoms with Gasteiger partial charge in [-0.25, -0.2) is 11.6 Å². The van der Waals surface area contributed by atoms with E-state index in [1.54, 1.807) is 19.2 Å². The number of benzene rings is 1. The van der Waals surface area contributed by atoms with Gasteiger partial charge in [0.25, 0.3) is 0 Å². The molecule has 1 aliphatic carbocycles. The van der Waals surface area contributed by atoms with E-state index in [1.807, 2.05) is 6.07 Å². The summed E-state index contributed by atoms with van der Waals surface area (Å²) in [6.45, 7) is 12.9. The molecular formula is C20H31Cl2O2Ti-. The first kappa shape index (κ1) is 29.4. The van der Waals surface area contributed by atoms with Gasteiger partial charge in [0.05, 0.1) is 7.11 Å². The van der Waals surface area contributed by atoms with Crippen LogP contribution in [0, 0.1) is 11.5 Å². The van der Waals surface area contributed by atoms with Gasteiger partial charge in [0.1, 0.15) is 11.5 Å². The van der Waals surface area contributed by atoms with Crippen molar-refractivity contribution < 1.29 is 31.6 Å². The second kappa shape index (κ2) is 12.1. The Bertz CT molecular complexity index is 568. The molecule has 0 bridgehead atoms. The summed E-state index contributed by atoms with van der Waals surface area (Å²) in [5.74, 6) is 0.953. The van der Waals surface area contributed by atoms with Gasteiger partial charge in [0, 0.05) is 27.8 Å². The summed E-state index contributed by atoms with van der Waals surface area (Å²) < 4.78 is 5.07. The molecule has 142 valence electrons. The van der Waals surface area contributed by atoms with E-state index < -0.39 is 0 Å². The van der Waals surface area contributed by atoms with Crippen LogP contribution in [-0.2, 0) is 27.1 Å². The van der Waals surface area contributed by atoms with Gasteiger partial charge in [0.15, 0.2) is 0 Å². The summed E-state index contributed by atoms with van der Waals surface area (Å²) in [5, 5.41) is 9.41. The fraction of sp³-hybridized carbons (Fsp3) is 0.500. The van der Waals surface area contributed by atoms with Crippen molar-refractivity contribution in [2.75, 3.05) is 7.11 Å². The molecule has 25 heavy (non-hydrogen) atoms. The van der Waals surface area contributed by atoms with E-state index in [0.29, 0.717) is 11.2 Å². The number of halogens is 2. The Morgan fingerprint density at radius 3 is 1.84 bits per heavy atom. The zero-order valence-corrected chi connectivity index (χ0v) is 19.5. The Morgan fingerprint density at radius 1 is 0.960 bits per heavy atom. The standard InChI is InChI=1S/C11H16O2.C9H13.2ClH.Ti/c1-11(2,3)8-5-9(12)7-10(6-8)13-4;1-9(2,3)8-6-4-5-7-8;;;/h5-7,12H,1-4H3;4,6H,5H2,1-3H3;2*1H;/q;-1;;;. The number of phenols is 1. The van der Waals surface area contributed by atoms with Gasteiger partial charge in [-0.05, 0) is 28.5 Å². The van der Waals surface area contributed by atoms with E-state index in [-0.39, 0.29) is 57.7 Å². The van der Waals surface area contributed by atoms with Crippen molar-refractivity contribution in [1.82, 2.24) is 0 Å². The van der Waals surface area contributed by atoms with E-state index >= 15 is 0 Å². The molecule has 0 spiro atoms. The number of aromatic hydroxyl groups is 1. The molecule has 1 aromatic rings. The van der Waals surface area contributed by atoms with E-state index in [4.69, 9.17) is 4.74 Å². The van der Waals surface area contributed by atoms with Gasteiger partial charge in [-0.15, -0.1) is 31.2 Å². The Balaban J connectivity index is -0.000000362. The minimum absolute atomic E-state index is 0. The van der Waals surface area contributed by atoms with Crippen molar-refractivity contribution in [3.63, 3.8) is 0 Å². The van der Waals surface area contributed by atoms with Crippen LogP contribution in [0.5, 0.6) is 11.5 Å². The summed E-state index contributed by atoms with van der Waals surface area (Å²) in [6, 6.07) is 5.32. The Hall–Kier alpha value is -0.406.